The van der Waals surface area contributed by atoms with Crippen LogP contribution in [0.2, 0.25) is 5.02 Å². The zero-order chi connectivity index (χ0) is 16.5. The molecule has 0 radical (unpaired) electrons. The van der Waals surface area contributed by atoms with Crippen LogP contribution in [0.15, 0.2) is 23.1 Å². The van der Waals surface area contributed by atoms with Gasteiger partial charge in [0.2, 0.25) is 0 Å². The number of nitrogens with zero attached hydrogens (tertiary/aromatic N) is 1. The summed E-state index contributed by atoms with van der Waals surface area (Å²) in [6, 6.07) is 5.12. The third-order valence-electron chi connectivity index (χ3n) is 3.60. The van der Waals surface area contributed by atoms with E-state index in [4.69, 9.17) is 11.6 Å². The highest BCUT2D eigenvalue weighted by Gasteiger charge is 2.37. The molecule has 0 aromatic heterocycles. The maximum atomic E-state index is 12.9. The van der Waals surface area contributed by atoms with Crippen molar-refractivity contribution in [1.82, 2.24) is 4.90 Å². The van der Waals surface area contributed by atoms with E-state index in [9.17, 15) is 13.2 Å². The minimum atomic E-state index is -3.14. The number of thioether (sulfide) groups is 1. The van der Waals surface area contributed by atoms with Gasteiger partial charge in [-0.15, -0.1) is 11.8 Å². The average molecular weight is 362 g/mol. The van der Waals surface area contributed by atoms with Crippen LogP contribution in [0.25, 0.3) is 0 Å². The Balaban J connectivity index is 2.31. The van der Waals surface area contributed by atoms with Gasteiger partial charge < -0.3 is 4.90 Å². The van der Waals surface area contributed by atoms with E-state index in [2.05, 4.69) is 0 Å². The van der Waals surface area contributed by atoms with Gasteiger partial charge in [-0.05, 0) is 44.2 Å². The second-order valence-corrected chi connectivity index (χ2v) is 9.20. The summed E-state index contributed by atoms with van der Waals surface area (Å²) in [5.41, 5.74) is 0.445. The molecule has 0 aliphatic heterocycles. The van der Waals surface area contributed by atoms with Gasteiger partial charge in [-0.2, -0.15) is 0 Å². The predicted octanol–water partition coefficient (Wildman–Crippen LogP) is 3.10. The molecule has 1 fully saturated rings. The summed E-state index contributed by atoms with van der Waals surface area (Å²) in [6.07, 6.45) is 4.96. The molecular weight excluding hydrogens is 342 g/mol. The van der Waals surface area contributed by atoms with Gasteiger partial charge in [-0.1, -0.05) is 11.6 Å². The number of rotatable bonds is 6. The van der Waals surface area contributed by atoms with Crippen LogP contribution in [0, 0.1) is 0 Å². The van der Waals surface area contributed by atoms with Crippen LogP contribution < -0.4 is 0 Å². The molecule has 2 rings (SSSR count). The number of halogens is 1. The van der Waals surface area contributed by atoms with Crippen LogP contribution >= 0.6 is 23.4 Å². The first-order valence-corrected chi connectivity index (χ1v) is 10.7. The van der Waals surface area contributed by atoms with E-state index in [1.54, 1.807) is 24.0 Å². The Morgan fingerprint density at radius 3 is 2.59 bits per heavy atom. The lowest BCUT2D eigenvalue weighted by Crippen LogP contribution is -2.43. The van der Waals surface area contributed by atoms with Crippen molar-refractivity contribution in [3.63, 3.8) is 0 Å². The van der Waals surface area contributed by atoms with E-state index in [1.807, 2.05) is 12.3 Å². The van der Waals surface area contributed by atoms with Crippen LogP contribution in [-0.2, 0) is 9.84 Å². The lowest BCUT2D eigenvalue weighted by molar-refractivity contribution is 0.0692. The first kappa shape index (κ1) is 17.6. The molecule has 1 atom stereocenters. The van der Waals surface area contributed by atoms with E-state index >= 15 is 0 Å². The fraction of sp³-hybridized carbons (Fsp3) is 0.533. The molecular formula is C15H20ClNO3S2. The maximum Gasteiger partial charge on any atom is 0.255 e. The molecule has 0 spiro atoms. The smallest absolute Gasteiger partial charge is 0.255 e. The van der Waals surface area contributed by atoms with Crippen LogP contribution in [0.4, 0.5) is 0 Å². The number of carbonyl (C=O) groups excluding carboxylic acids is 1. The van der Waals surface area contributed by atoms with Crippen molar-refractivity contribution in [2.24, 2.45) is 0 Å². The van der Waals surface area contributed by atoms with Gasteiger partial charge in [0.15, 0.2) is 0 Å². The van der Waals surface area contributed by atoms with Gasteiger partial charge in [-0.3, -0.25) is 4.79 Å². The average Bonchev–Trinajstić information content (AvgIpc) is 3.21. The zero-order valence-electron chi connectivity index (χ0n) is 12.9. The number of benzene rings is 1. The molecule has 1 saturated carbocycles. The standard InChI is InChI=1S/C15H20ClNO3S2/c1-10(9-22(3,19)20)17(11-4-5-11)15(18)13-8-12(21-2)6-7-14(13)16/h6-8,10-11H,4-5,9H2,1-3H3. The first-order valence-electron chi connectivity index (χ1n) is 7.07. The third-order valence-corrected chi connectivity index (χ3v) is 5.74. The first-order chi connectivity index (χ1) is 10.2. The van der Waals surface area contributed by atoms with Crippen LogP contribution in [0.3, 0.4) is 0 Å². The number of amides is 1. The Labute approximate surface area is 141 Å². The monoisotopic (exact) mass is 361 g/mol. The normalized spacial score (nSPS) is 16.4. The summed E-state index contributed by atoms with van der Waals surface area (Å²) < 4.78 is 23.1. The summed E-state index contributed by atoms with van der Waals surface area (Å²) in [5, 5.41) is 0.403. The largest absolute Gasteiger partial charge is 0.332 e. The van der Waals surface area contributed by atoms with Gasteiger partial charge in [0.05, 0.1) is 16.3 Å². The van der Waals surface area contributed by atoms with E-state index in [-0.39, 0.29) is 23.7 Å². The molecule has 1 unspecified atom stereocenters. The van der Waals surface area contributed by atoms with Crippen molar-refractivity contribution in [1.29, 1.82) is 0 Å². The Bertz CT molecular complexity index is 671. The van der Waals surface area contributed by atoms with Gasteiger partial charge in [-0.25, -0.2) is 8.42 Å². The highest BCUT2D eigenvalue weighted by Crippen LogP contribution is 2.32. The summed E-state index contributed by atoms with van der Waals surface area (Å²) in [6.45, 7) is 1.78. The van der Waals surface area contributed by atoms with Crippen molar-refractivity contribution < 1.29 is 13.2 Å². The molecule has 0 N–H and O–H groups in total. The van der Waals surface area contributed by atoms with E-state index < -0.39 is 9.84 Å². The number of carbonyl (C=O) groups is 1. The van der Waals surface area contributed by atoms with Crippen LogP contribution in [0.5, 0.6) is 0 Å². The van der Waals surface area contributed by atoms with Gasteiger partial charge in [0.1, 0.15) is 9.84 Å². The second kappa shape index (κ2) is 6.81. The molecule has 0 heterocycles. The third kappa shape index (κ3) is 4.40. The molecule has 1 aliphatic carbocycles. The Hall–Kier alpha value is -0.720. The highest BCUT2D eigenvalue weighted by atomic mass is 35.5. The molecule has 1 aromatic carbocycles. The quantitative estimate of drug-likeness (QED) is 0.730. The lowest BCUT2D eigenvalue weighted by atomic mass is 10.1. The predicted molar refractivity (Wildman–Crippen MR) is 91.6 cm³/mol. The Morgan fingerprint density at radius 2 is 2.09 bits per heavy atom. The van der Waals surface area contributed by atoms with E-state index in [1.165, 1.54) is 18.0 Å². The lowest BCUT2D eigenvalue weighted by Gasteiger charge is -2.29. The van der Waals surface area contributed by atoms with Crippen molar-refractivity contribution in [3.05, 3.63) is 28.8 Å². The van der Waals surface area contributed by atoms with Crippen molar-refractivity contribution in [2.75, 3.05) is 18.3 Å². The second-order valence-electron chi connectivity index (χ2n) is 5.73. The Kier molecular flexibility index (Phi) is 5.45. The fourth-order valence-electron chi connectivity index (χ4n) is 2.53. The molecule has 22 heavy (non-hydrogen) atoms. The molecule has 0 bridgehead atoms. The SMILES string of the molecule is CSc1ccc(Cl)c(C(=O)N(C(C)CS(C)(=O)=O)C2CC2)c1. The summed E-state index contributed by atoms with van der Waals surface area (Å²) in [7, 11) is -3.14. The molecule has 0 saturated heterocycles. The van der Waals surface area contributed by atoms with Gasteiger partial charge in [0, 0.05) is 23.2 Å². The molecule has 7 heteroatoms. The zero-order valence-corrected chi connectivity index (χ0v) is 15.3. The highest BCUT2D eigenvalue weighted by molar-refractivity contribution is 7.98. The molecule has 4 nitrogen and oxygen atoms in total. The minimum Gasteiger partial charge on any atom is -0.332 e. The maximum absolute atomic E-state index is 12.9. The van der Waals surface area contributed by atoms with E-state index in [0.29, 0.717) is 10.6 Å². The number of hydrogen-bond acceptors (Lipinski definition) is 4. The fourth-order valence-corrected chi connectivity index (χ4v) is 4.21. The summed E-state index contributed by atoms with van der Waals surface area (Å²) >= 11 is 7.72. The van der Waals surface area contributed by atoms with Gasteiger partial charge >= 0.3 is 0 Å². The molecule has 1 aromatic rings. The van der Waals surface area contributed by atoms with Crippen molar-refractivity contribution in [2.45, 2.75) is 36.7 Å². The molecule has 122 valence electrons. The van der Waals surface area contributed by atoms with Crippen molar-refractivity contribution in [3.8, 4) is 0 Å². The van der Waals surface area contributed by atoms with Gasteiger partial charge in [0.25, 0.3) is 5.91 Å². The van der Waals surface area contributed by atoms with Crippen LogP contribution in [0.1, 0.15) is 30.1 Å². The number of sulfone groups is 1. The van der Waals surface area contributed by atoms with Crippen molar-refractivity contribution >= 4 is 39.1 Å². The molecule has 1 amide bonds. The van der Waals surface area contributed by atoms with Crippen LogP contribution in [-0.4, -0.2) is 49.6 Å². The topological polar surface area (TPSA) is 54.5 Å². The summed E-state index contributed by atoms with van der Waals surface area (Å²) in [4.78, 5) is 15.5. The molecule has 1 aliphatic rings. The number of hydrogen-bond donors (Lipinski definition) is 0. The summed E-state index contributed by atoms with van der Waals surface area (Å²) in [5.74, 6) is -0.214. The minimum absolute atomic E-state index is 0.0327. The Morgan fingerprint density at radius 1 is 1.45 bits per heavy atom. The van der Waals surface area contributed by atoms with E-state index in [0.717, 1.165) is 17.7 Å².